The number of nitrogens with zero attached hydrogens (tertiary/aromatic N) is 3. The molecule has 1 aromatic heterocycles. The van der Waals surface area contributed by atoms with Gasteiger partial charge in [0.1, 0.15) is 11.5 Å². The number of rotatable bonds is 7. The van der Waals surface area contributed by atoms with E-state index < -0.39 is 0 Å². The summed E-state index contributed by atoms with van der Waals surface area (Å²) in [6.07, 6.45) is 2.09. The molecule has 27 heavy (non-hydrogen) atoms. The second-order valence-electron chi connectivity index (χ2n) is 6.10. The highest BCUT2D eigenvalue weighted by atomic mass is 35.5. The third-order valence-electron chi connectivity index (χ3n) is 4.36. The van der Waals surface area contributed by atoms with Crippen molar-refractivity contribution in [2.75, 3.05) is 32.6 Å². The van der Waals surface area contributed by atoms with Gasteiger partial charge < -0.3 is 25.0 Å². The monoisotopic (exact) mass is 419 g/mol. The maximum absolute atomic E-state index is 5.49. The summed E-state index contributed by atoms with van der Waals surface area (Å²) in [6, 6.07) is 6.26. The molecular formula is C17H27Cl2N5O3. The Hall–Kier alpha value is -1.74. The quantitative estimate of drug-likeness (QED) is 0.705. The molecule has 0 amide bonds. The van der Waals surface area contributed by atoms with Crippen LogP contribution in [0.4, 0.5) is 5.69 Å². The Morgan fingerprint density at radius 2 is 1.78 bits per heavy atom. The van der Waals surface area contributed by atoms with E-state index in [4.69, 9.17) is 19.7 Å². The number of aromatic nitrogens is 2. The van der Waals surface area contributed by atoms with Crippen LogP contribution in [-0.4, -0.2) is 48.4 Å². The zero-order chi connectivity index (χ0) is 17.6. The number of nitrogens with one attached hydrogen (secondary N) is 1. The zero-order valence-electron chi connectivity index (χ0n) is 15.5. The molecule has 0 radical (unpaired) electrons. The van der Waals surface area contributed by atoms with Crippen LogP contribution in [0, 0.1) is 0 Å². The predicted molar refractivity (Wildman–Crippen MR) is 108 cm³/mol. The highest BCUT2D eigenvalue weighted by Crippen LogP contribution is 2.27. The first kappa shape index (κ1) is 23.3. The maximum atomic E-state index is 5.49. The highest BCUT2D eigenvalue weighted by Gasteiger charge is 2.21. The van der Waals surface area contributed by atoms with E-state index in [2.05, 4.69) is 20.4 Å². The van der Waals surface area contributed by atoms with Crippen LogP contribution < -0.4 is 20.5 Å². The fraction of sp³-hybridized carbons (Fsp3) is 0.529. The van der Waals surface area contributed by atoms with Gasteiger partial charge in [-0.05, 0) is 12.8 Å². The molecule has 2 heterocycles. The van der Waals surface area contributed by atoms with Crippen LogP contribution >= 0.6 is 24.8 Å². The number of methoxy groups -OCH3 is 2. The standard InChI is InChI=1S/C17H25N5O3.2ClH/c1-23-14-7-13(8-15(9-14)24-2)19-12-3-5-22(6-4-12)11-16-20-17(10-18)25-21-16;;/h7-9,12,19H,3-6,10-11,18H2,1-2H3;2*1H. The number of halogens is 2. The van der Waals surface area contributed by atoms with E-state index in [9.17, 15) is 0 Å². The van der Waals surface area contributed by atoms with Gasteiger partial charge in [-0.3, -0.25) is 4.90 Å². The van der Waals surface area contributed by atoms with Gasteiger partial charge in [0.25, 0.3) is 0 Å². The number of hydrogen-bond donors (Lipinski definition) is 2. The SMILES string of the molecule is COc1cc(NC2CCN(Cc3noc(CN)n3)CC2)cc(OC)c1.Cl.Cl. The van der Waals surface area contributed by atoms with E-state index in [1.807, 2.05) is 18.2 Å². The van der Waals surface area contributed by atoms with E-state index >= 15 is 0 Å². The molecule has 2 aromatic rings. The molecule has 3 N–H and O–H groups in total. The molecular weight excluding hydrogens is 393 g/mol. The minimum absolute atomic E-state index is 0. The summed E-state index contributed by atoms with van der Waals surface area (Å²) in [5.41, 5.74) is 6.51. The van der Waals surface area contributed by atoms with Gasteiger partial charge in [0.15, 0.2) is 5.82 Å². The normalized spacial score (nSPS) is 14.8. The van der Waals surface area contributed by atoms with Crippen molar-refractivity contribution in [2.24, 2.45) is 5.73 Å². The molecule has 1 aliphatic heterocycles. The van der Waals surface area contributed by atoms with Crippen molar-refractivity contribution in [1.29, 1.82) is 0 Å². The lowest BCUT2D eigenvalue weighted by atomic mass is 10.0. The highest BCUT2D eigenvalue weighted by molar-refractivity contribution is 5.85. The van der Waals surface area contributed by atoms with Crippen LogP contribution in [0.1, 0.15) is 24.6 Å². The molecule has 1 fully saturated rings. The third-order valence-corrected chi connectivity index (χ3v) is 4.36. The Labute approximate surface area is 171 Å². The topological polar surface area (TPSA) is 98.7 Å². The Morgan fingerprint density at radius 1 is 1.15 bits per heavy atom. The fourth-order valence-electron chi connectivity index (χ4n) is 3.00. The summed E-state index contributed by atoms with van der Waals surface area (Å²) in [4.78, 5) is 6.59. The molecule has 0 saturated carbocycles. The van der Waals surface area contributed by atoms with E-state index in [0.717, 1.165) is 43.1 Å². The number of benzene rings is 1. The molecule has 152 valence electrons. The molecule has 0 aliphatic carbocycles. The van der Waals surface area contributed by atoms with Gasteiger partial charge in [0.2, 0.25) is 5.89 Å². The van der Waals surface area contributed by atoms with Crippen molar-refractivity contribution in [2.45, 2.75) is 32.0 Å². The second kappa shape index (κ2) is 11.2. The van der Waals surface area contributed by atoms with E-state index in [1.54, 1.807) is 14.2 Å². The molecule has 0 bridgehead atoms. The zero-order valence-corrected chi connectivity index (χ0v) is 17.1. The van der Waals surface area contributed by atoms with Crippen molar-refractivity contribution >= 4 is 30.5 Å². The molecule has 3 rings (SSSR count). The van der Waals surface area contributed by atoms with Crippen molar-refractivity contribution in [3.63, 3.8) is 0 Å². The summed E-state index contributed by atoms with van der Waals surface area (Å²) in [5, 5.41) is 7.53. The van der Waals surface area contributed by atoms with E-state index in [0.29, 0.717) is 24.3 Å². The molecule has 0 spiro atoms. The predicted octanol–water partition coefficient (Wildman–Crippen LogP) is 2.47. The molecule has 0 unspecified atom stereocenters. The average molecular weight is 420 g/mol. The van der Waals surface area contributed by atoms with E-state index in [-0.39, 0.29) is 31.4 Å². The van der Waals surface area contributed by atoms with Gasteiger partial charge in [0, 0.05) is 43.0 Å². The van der Waals surface area contributed by atoms with Crippen LogP contribution in [0.2, 0.25) is 0 Å². The number of ether oxygens (including phenoxy) is 2. The maximum Gasteiger partial charge on any atom is 0.240 e. The largest absolute Gasteiger partial charge is 0.497 e. The number of piperidine rings is 1. The Balaban J connectivity index is 0.00000182. The van der Waals surface area contributed by atoms with Crippen molar-refractivity contribution in [3.05, 3.63) is 29.9 Å². The smallest absolute Gasteiger partial charge is 0.240 e. The van der Waals surface area contributed by atoms with Crippen LogP contribution in [0.15, 0.2) is 22.7 Å². The minimum Gasteiger partial charge on any atom is -0.497 e. The lowest BCUT2D eigenvalue weighted by Crippen LogP contribution is -2.38. The first-order valence-electron chi connectivity index (χ1n) is 8.43. The summed E-state index contributed by atoms with van der Waals surface area (Å²) in [7, 11) is 3.32. The van der Waals surface area contributed by atoms with Crippen molar-refractivity contribution < 1.29 is 14.0 Å². The van der Waals surface area contributed by atoms with Gasteiger partial charge in [-0.1, -0.05) is 5.16 Å². The first-order valence-corrected chi connectivity index (χ1v) is 8.43. The number of anilines is 1. The lowest BCUT2D eigenvalue weighted by Gasteiger charge is -2.32. The Kier molecular flexibility index (Phi) is 9.65. The fourth-order valence-corrected chi connectivity index (χ4v) is 3.00. The van der Waals surface area contributed by atoms with Crippen LogP contribution in [-0.2, 0) is 13.1 Å². The van der Waals surface area contributed by atoms with Gasteiger partial charge in [-0.15, -0.1) is 24.8 Å². The van der Waals surface area contributed by atoms with Crippen LogP contribution in [0.25, 0.3) is 0 Å². The third kappa shape index (κ3) is 6.42. The van der Waals surface area contributed by atoms with Gasteiger partial charge in [-0.25, -0.2) is 0 Å². The molecule has 10 heteroatoms. The lowest BCUT2D eigenvalue weighted by molar-refractivity contribution is 0.204. The molecule has 1 aromatic carbocycles. The number of nitrogens with two attached hydrogens (primary N) is 1. The molecule has 0 atom stereocenters. The number of hydrogen-bond acceptors (Lipinski definition) is 8. The second-order valence-corrected chi connectivity index (χ2v) is 6.10. The average Bonchev–Trinajstić information content (AvgIpc) is 3.10. The Bertz CT molecular complexity index is 671. The molecule has 8 nitrogen and oxygen atoms in total. The summed E-state index contributed by atoms with van der Waals surface area (Å²) in [6.45, 7) is 2.93. The summed E-state index contributed by atoms with van der Waals surface area (Å²) < 4.78 is 15.7. The number of likely N-dealkylation sites (tertiary alicyclic amines) is 1. The van der Waals surface area contributed by atoms with Crippen LogP contribution in [0.5, 0.6) is 11.5 Å². The van der Waals surface area contributed by atoms with Gasteiger partial charge in [0.05, 0.1) is 27.3 Å². The first-order chi connectivity index (χ1) is 12.2. The van der Waals surface area contributed by atoms with Crippen molar-refractivity contribution in [3.8, 4) is 11.5 Å². The van der Waals surface area contributed by atoms with E-state index in [1.165, 1.54) is 0 Å². The summed E-state index contributed by atoms with van der Waals surface area (Å²) in [5.74, 6) is 2.75. The summed E-state index contributed by atoms with van der Waals surface area (Å²) >= 11 is 0. The van der Waals surface area contributed by atoms with Gasteiger partial charge >= 0.3 is 0 Å². The minimum atomic E-state index is 0. The van der Waals surface area contributed by atoms with Crippen LogP contribution in [0.3, 0.4) is 0 Å². The van der Waals surface area contributed by atoms with Gasteiger partial charge in [-0.2, -0.15) is 4.98 Å². The molecule has 1 saturated heterocycles. The molecule has 1 aliphatic rings. The Morgan fingerprint density at radius 3 is 2.30 bits per heavy atom. The van der Waals surface area contributed by atoms with Crippen molar-refractivity contribution in [1.82, 2.24) is 15.0 Å².